The average Bonchev–Trinajstić information content (AvgIpc) is 3.36. The number of nitrogens with one attached hydrogen (secondary N) is 1. The van der Waals surface area contributed by atoms with Crippen molar-refractivity contribution in [3.05, 3.63) is 58.3 Å². The lowest BCUT2D eigenvalue weighted by molar-refractivity contribution is -0.154. The van der Waals surface area contributed by atoms with E-state index >= 15 is 0 Å². The monoisotopic (exact) mass is 370 g/mol. The summed E-state index contributed by atoms with van der Waals surface area (Å²) in [4.78, 5) is 40.9. The van der Waals surface area contributed by atoms with Crippen LogP contribution in [0, 0.1) is 11.8 Å². The van der Waals surface area contributed by atoms with Crippen molar-refractivity contribution in [3.63, 3.8) is 0 Å². The fourth-order valence-corrected chi connectivity index (χ4v) is 5.02. The maximum Gasteiger partial charge on any atom is 0.331 e. The molecule has 0 unspecified atom stereocenters. The maximum atomic E-state index is 13.0. The number of amides is 2. The molecule has 0 radical (unpaired) electrons. The third-order valence-corrected chi connectivity index (χ3v) is 6.32. The van der Waals surface area contributed by atoms with Gasteiger partial charge in [0.15, 0.2) is 5.54 Å². The summed E-state index contributed by atoms with van der Waals surface area (Å²) in [7, 11) is 2.77. The first kappa shape index (κ1) is 16.9. The van der Waals surface area contributed by atoms with Crippen molar-refractivity contribution < 1.29 is 19.1 Å². The minimum atomic E-state index is -1.40. The van der Waals surface area contributed by atoms with E-state index in [1.807, 2.05) is 23.6 Å². The number of fused-ring (bicyclic) bond motifs is 1. The first-order valence-corrected chi connectivity index (χ1v) is 9.16. The molecular weight excluding hydrogens is 352 g/mol. The Hall–Kier alpha value is -2.51. The van der Waals surface area contributed by atoms with Crippen molar-refractivity contribution in [3.8, 4) is 0 Å². The molecule has 2 saturated heterocycles. The molecule has 2 amide bonds. The minimum absolute atomic E-state index is 0.271. The number of nitrogens with zero attached hydrogens (tertiary/aromatic N) is 1. The van der Waals surface area contributed by atoms with Crippen LogP contribution in [0.1, 0.15) is 16.5 Å². The van der Waals surface area contributed by atoms with Crippen LogP contribution in [-0.2, 0) is 24.7 Å². The van der Waals surface area contributed by atoms with E-state index in [1.54, 1.807) is 24.3 Å². The zero-order valence-electron chi connectivity index (χ0n) is 14.3. The molecule has 0 bridgehead atoms. The third-order valence-electron chi connectivity index (χ3n) is 5.37. The van der Waals surface area contributed by atoms with E-state index in [0.717, 1.165) is 9.78 Å². The van der Waals surface area contributed by atoms with Gasteiger partial charge in [-0.25, -0.2) is 4.79 Å². The predicted molar refractivity (Wildman–Crippen MR) is 95.1 cm³/mol. The molecule has 3 heterocycles. The van der Waals surface area contributed by atoms with E-state index in [0.29, 0.717) is 5.56 Å². The third kappa shape index (κ3) is 2.10. The summed E-state index contributed by atoms with van der Waals surface area (Å²) >= 11 is 1.49. The molecule has 2 aliphatic rings. The Balaban J connectivity index is 1.95. The van der Waals surface area contributed by atoms with E-state index in [2.05, 4.69) is 5.32 Å². The smallest absolute Gasteiger partial charge is 0.331 e. The topological polar surface area (TPSA) is 75.7 Å². The molecule has 7 heteroatoms. The first-order chi connectivity index (χ1) is 12.5. The van der Waals surface area contributed by atoms with E-state index in [4.69, 9.17) is 4.74 Å². The number of imide groups is 1. The SMILES string of the molecule is COC(=O)[C@]1(c2ccccc2)N[C@H](c2cccs2)[C@@H]2C(=O)N(C)C(=O)[C@H]21. The van der Waals surface area contributed by atoms with Gasteiger partial charge in [0.05, 0.1) is 25.0 Å². The lowest BCUT2D eigenvalue weighted by Gasteiger charge is -2.32. The molecule has 0 aliphatic carbocycles. The molecule has 6 nitrogen and oxygen atoms in total. The van der Waals surface area contributed by atoms with Crippen LogP contribution >= 0.6 is 11.3 Å². The lowest BCUT2D eigenvalue weighted by Crippen LogP contribution is -2.53. The van der Waals surface area contributed by atoms with Gasteiger partial charge in [-0.3, -0.25) is 19.8 Å². The second-order valence-corrected chi connectivity index (χ2v) is 7.52. The Morgan fingerprint density at radius 2 is 1.88 bits per heavy atom. The number of likely N-dealkylation sites (tertiary alicyclic amines) is 1. The highest BCUT2D eigenvalue weighted by molar-refractivity contribution is 7.10. The van der Waals surface area contributed by atoms with Gasteiger partial charge in [0.25, 0.3) is 0 Å². The molecule has 0 saturated carbocycles. The maximum absolute atomic E-state index is 13.0. The Morgan fingerprint density at radius 1 is 1.15 bits per heavy atom. The number of rotatable bonds is 3. The van der Waals surface area contributed by atoms with Crippen LogP contribution in [0.15, 0.2) is 47.8 Å². The summed E-state index contributed by atoms with van der Waals surface area (Å²) in [6.07, 6.45) is 0. The number of methoxy groups -OCH3 is 1. The zero-order valence-corrected chi connectivity index (χ0v) is 15.2. The number of benzene rings is 1. The van der Waals surface area contributed by atoms with E-state index in [9.17, 15) is 14.4 Å². The number of thiophene rings is 1. The number of hydrogen-bond donors (Lipinski definition) is 1. The molecule has 0 spiro atoms. The van der Waals surface area contributed by atoms with Crippen molar-refractivity contribution in [1.82, 2.24) is 10.2 Å². The number of esters is 1. The Bertz CT molecular complexity index is 867. The van der Waals surface area contributed by atoms with Gasteiger partial charge in [-0.1, -0.05) is 36.4 Å². The minimum Gasteiger partial charge on any atom is -0.467 e. The summed E-state index contributed by atoms with van der Waals surface area (Å²) in [5.74, 6) is -2.69. The molecule has 26 heavy (non-hydrogen) atoms. The molecule has 1 N–H and O–H groups in total. The van der Waals surface area contributed by atoms with Crippen LogP contribution in [0.2, 0.25) is 0 Å². The summed E-state index contributed by atoms with van der Waals surface area (Å²) < 4.78 is 5.10. The molecule has 2 aromatic rings. The van der Waals surface area contributed by atoms with E-state index < -0.39 is 29.4 Å². The van der Waals surface area contributed by atoms with Crippen LogP contribution in [-0.4, -0.2) is 36.8 Å². The Kier molecular flexibility index (Phi) is 3.93. The van der Waals surface area contributed by atoms with Crippen molar-refractivity contribution in [2.24, 2.45) is 11.8 Å². The summed E-state index contributed by atoms with van der Waals surface area (Å²) in [5, 5.41) is 5.24. The van der Waals surface area contributed by atoms with Crippen LogP contribution in [0.5, 0.6) is 0 Å². The highest BCUT2D eigenvalue weighted by Crippen LogP contribution is 2.53. The van der Waals surface area contributed by atoms with Gasteiger partial charge in [0.2, 0.25) is 11.8 Å². The van der Waals surface area contributed by atoms with Crippen molar-refractivity contribution in [2.75, 3.05) is 14.2 Å². The number of carbonyl (C=O) groups excluding carboxylic acids is 3. The molecule has 4 atom stereocenters. The van der Waals surface area contributed by atoms with Crippen LogP contribution in [0.25, 0.3) is 0 Å². The fourth-order valence-electron chi connectivity index (χ4n) is 4.20. The molecule has 2 fully saturated rings. The number of carbonyl (C=O) groups is 3. The number of ether oxygens (including phenoxy) is 1. The van der Waals surface area contributed by atoms with Gasteiger partial charge in [0, 0.05) is 11.9 Å². The highest BCUT2D eigenvalue weighted by Gasteiger charge is 2.69. The van der Waals surface area contributed by atoms with Crippen LogP contribution < -0.4 is 5.32 Å². The lowest BCUT2D eigenvalue weighted by atomic mass is 9.75. The normalized spacial score (nSPS) is 30.5. The van der Waals surface area contributed by atoms with Gasteiger partial charge < -0.3 is 4.74 Å². The van der Waals surface area contributed by atoms with E-state index in [1.165, 1.54) is 25.5 Å². The van der Waals surface area contributed by atoms with Gasteiger partial charge in [-0.05, 0) is 17.0 Å². The van der Waals surface area contributed by atoms with Crippen LogP contribution in [0.3, 0.4) is 0 Å². The van der Waals surface area contributed by atoms with Gasteiger partial charge in [-0.15, -0.1) is 11.3 Å². The predicted octanol–water partition coefficient (Wildman–Crippen LogP) is 1.69. The summed E-state index contributed by atoms with van der Waals surface area (Å²) in [5.41, 5.74) is -0.773. The van der Waals surface area contributed by atoms with Crippen LogP contribution in [0.4, 0.5) is 0 Å². The molecule has 1 aromatic carbocycles. The molecule has 134 valence electrons. The molecule has 2 aliphatic heterocycles. The second-order valence-electron chi connectivity index (χ2n) is 6.54. The van der Waals surface area contributed by atoms with Crippen molar-refractivity contribution in [1.29, 1.82) is 0 Å². The molecule has 1 aromatic heterocycles. The van der Waals surface area contributed by atoms with Crippen molar-refractivity contribution in [2.45, 2.75) is 11.6 Å². The van der Waals surface area contributed by atoms with Gasteiger partial charge >= 0.3 is 5.97 Å². The highest BCUT2D eigenvalue weighted by atomic mass is 32.1. The summed E-state index contributed by atoms with van der Waals surface area (Å²) in [6, 6.07) is 12.4. The molecular formula is C19H18N2O4S. The quantitative estimate of drug-likeness (QED) is 0.657. The average molecular weight is 370 g/mol. The zero-order chi connectivity index (χ0) is 18.5. The molecule has 4 rings (SSSR count). The Labute approximate surface area is 154 Å². The standard InChI is InChI=1S/C19H18N2O4S/c1-21-16(22)13-14(17(21)23)19(18(24)25-2,11-7-4-3-5-8-11)20-15(13)12-9-6-10-26-12/h3-10,13-15,20H,1-2H3/t13-,14+,15-,19-/m1/s1. The largest absolute Gasteiger partial charge is 0.467 e. The number of hydrogen-bond acceptors (Lipinski definition) is 6. The van der Waals surface area contributed by atoms with E-state index in [-0.39, 0.29) is 11.8 Å². The summed E-state index contributed by atoms with van der Waals surface area (Å²) in [6.45, 7) is 0. The fraction of sp³-hybridized carbons (Fsp3) is 0.316. The van der Waals surface area contributed by atoms with Gasteiger partial charge in [-0.2, -0.15) is 0 Å². The van der Waals surface area contributed by atoms with Gasteiger partial charge in [0.1, 0.15) is 0 Å². The second kappa shape index (κ2) is 6.03. The Morgan fingerprint density at radius 3 is 2.50 bits per heavy atom. The first-order valence-electron chi connectivity index (χ1n) is 8.29. The van der Waals surface area contributed by atoms with Crippen molar-refractivity contribution >= 4 is 29.1 Å².